The molecule has 0 aromatic heterocycles. The number of oxime groups is 1. The molecule has 1 aromatic carbocycles. The van der Waals surface area contributed by atoms with Crippen molar-refractivity contribution in [3.8, 4) is 5.75 Å². The zero-order valence-electron chi connectivity index (χ0n) is 7.68. The summed E-state index contributed by atoms with van der Waals surface area (Å²) in [5, 5.41) is 13.4. The Morgan fingerprint density at radius 3 is 2.93 bits per heavy atom. The number of aromatic hydroxyl groups is 1. The summed E-state index contributed by atoms with van der Waals surface area (Å²) in [5.74, 6) is 0.242. The van der Waals surface area contributed by atoms with Gasteiger partial charge >= 0.3 is 0 Å². The zero-order chi connectivity index (χ0) is 9.97. The van der Waals surface area contributed by atoms with Crippen LogP contribution in [0.3, 0.4) is 0 Å². The second kappa shape index (κ2) is 3.67. The average molecular weight is 192 g/mol. The normalized spacial score (nSPS) is 20.4. The summed E-state index contributed by atoms with van der Waals surface area (Å²) in [7, 11) is 0. The van der Waals surface area contributed by atoms with Crippen molar-refractivity contribution in [2.45, 2.75) is 12.5 Å². The summed E-state index contributed by atoms with van der Waals surface area (Å²) >= 11 is 0. The quantitative estimate of drug-likeness (QED) is 0.739. The summed E-state index contributed by atoms with van der Waals surface area (Å²) in [6, 6.07) is 7.10. The third kappa shape index (κ3) is 1.56. The lowest BCUT2D eigenvalue weighted by molar-refractivity contribution is 0.0838. The second-order valence-corrected chi connectivity index (χ2v) is 3.22. The van der Waals surface area contributed by atoms with Gasteiger partial charge in [-0.25, -0.2) is 0 Å². The van der Waals surface area contributed by atoms with E-state index in [0.717, 1.165) is 11.3 Å². The molecular weight excluding hydrogens is 180 g/mol. The zero-order valence-corrected chi connectivity index (χ0v) is 7.68. The molecule has 1 aliphatic rings. The molecule has 2 rings (SSSR count). The number of phenolic OH excluding ortho intramolecular Hbond substituents is 1. The van der Waals surface area contributed by atoms with Crippen molar-refractivity contribution in [2.24, 2.45) is 10.9 Å². The number of hydrogen-bond donors (Lipinski definition) is 2. The summed E-state index contributed by atoms with van der Waals surface area (Å²) in [6.45, 7) is 0.407. The van der Waals surface area contributed by atoms with Crippen LogP contribution in [0.25, 0.3) is 0 Å². The molecule has 0 spiro atoms. The molecule has 1 heterocycles. The van der Waals surface area contributed by atoms with Crippen LogP contribution < -0.4 is 5.73 Å². The number of nitrogens with zero attached hydrogens (tertiary/aromatic N) is 1. The molecule has 0 saturated carbocycles. The highest BCUT2D eigenvalue weighted by Crippen LogP contribution is 2.32. The third-order valence-electron chi connectivity index (χ3n) is 2.25. The number of benzene rings is 1. The Labute approximate surface area is 82.0 Å². The van der Waals surface area contributed by atoms with Gasteiger partial charge in [0.15, 0.2) is 6.10 Å². The van der Waals surface area contributed by atoms with Crippen molar-refractivity contribution >= 4 is 5.71 Å². The molecule has 14 heavy (non-hydrogen) atoms. The van der Waals surface area contributed by atoms with E-state index in [1.165, 1.54) is 0 Å². The fraction of sp³-hybridized carbons (Fsp3) is 0.300. The summed E-state index contributed by atoms with van der Waals surface area (Å²) < 4.78 is 0. The largest absolute Gasteiger partial charge is 0.508 e. The third-order valence-corrected chi connectivity index (χ3v) is 2.25. The van der Waals surface area contributed by atoms with Crippen LogP contribution in [0, 0.1) is 0 Å². The Bertz CT molecular complexity index is 363. The lowest BCUT2D eigenvalue weighted by atomic mass is 10.0. The Balaban J connectivity index is 2.16. The van der Waals surface area contributed by atoms with Crippen molar-refractivity contribution in [3.05, 3.63) is 29.8 Å². The Kier molecular flexibility index (Phi) is 2.37. The van der Waals surface area contributed by atoms with E-state index in [0.29, 0.717) is 13.0 Å². The fourth-order valence-electron chi connectivity index (χ4n) is 1.47. The van der Waals surface area contributed by atoms with Crippen LogP contribution in [0.1, 0.15) is 18.1 Å². The first kappa shape index (κ1) is 9.02. The molecule has 0 fully saturated rings. The minimum atomic E-state index is -0.185. The highest BCUT2D eigenvalue weighted by atomic mass is 16.6. The van der Waals surface area contributed by atoms with Crippen LogP contribution >= 0.6 is 0 Å². The summed E-state index contributed by atoms with van der Waals surface area (Å²) in [4.78, 5) is 5.17. The monoisotopic (exact) mass is 192 g/mol. The molecule has 1 atom stereocenters. The number of rotatable bonds is 2. The standard InChI is InChI=1S/C10H12N2O2/c11-6-7-5-10(14-12-7)8-3-1-2-4-9(8)13/h1-4,10,13H,5-6,11H2. The maximum absolute atomic E-state index is 9.57. The predicted molar refractivity (Wildman–Crippen MR) is 53.0 cm³/mol. The number of para-hydroxylation sites is 1. The van der Waals surface area contributed by atoms with Crippen molar-refractivity contribution in [3.63, 3.8) is 0 Å². The van der Waals surface area contributed by atoms with E-state index >= 15 is 0 Å². The van der Waals surface area contributed by atoms with Crippen LogP contribution in [0.2, 0.25) is 0 Å². The summed E-state index contributed by atoms with van der Waals surface area (Å²) in [6.07, 6.45) is 0.475. The van der Waals surface area contributed by atoms with Gasteiger partial charge in [0.25, 0.3) is 0 Å². The lowest BCUT2D eigenvalue weighted by Crippen LogP contribution is -2.12. The first-order chi connectivity index (χ1) is 6.81. The van der Waals surface area contributed by atoms with E-state index in [2.05, 4.69) is 5.16 Å². The molecule has 0 saturated heterocycles. The van der Waals surface area contributed by atoms with Crippen LogP contribution in [0.15, 0.2) is 29.4 Å². The minimum Gasteiger partial charge on any atom is -0.508 e. The topological polar surface area (TPSA) is 67.8 Å². The van der Waals surface area contributed by atoms with Crippen molar-refractivity contribution in [1.29, 1.82) is 0 Å². The highest BCUT2D eigenvalue weighted by Gasteiger charge is 2.23. The number of phenols is 1. The fourth-order valence-corrected chi connectivity index (χ4v) is 1.47. The van der Waals surface area contributed by atoms with Gasteiger partial charge < -0.3 is 15.7 Å². The van der Waals surface area contributed by atoms with Crippen molar-refractivity contribution in [2.75, 3.05) is 6.54 Å². The van der Waals surface area contributed by atoms with Crippen molar-refractivity contribution in [1.82, 2.24) is 0 Å². The lowest BCUT2D eigenvalue weighted by Gasteiger charge is -2.09. The van der Waals surface area contributed by atoms with Gasteiger partial charge in [0.05, 0.1) is 5.71 Å². The van der Waals surface area contributed by atoms with Gasteiger partial charge in [-0.1, -0.05) is 23.4 Å². The molecular formula is C10H12N2O2. The SMILES string of the molecule is NCC1=NOC(c2ccccc2O)C1. The number of nitrogens with two attached hydrogens (primary N) is 1. The van der Waals surface area contributed by atoms with Crippen LogP contribution in [0.4, 0.5) is 0 Å². The van der Waals surface area contributed by atoms with Gasteiger partial charge in [0.1, 0.15) is 5.75 Å². The first-order valence-corrected chi connectivity index (χ1v) is 4.51. The van der Waals surface area contributed by atoms with Crippen LogP contribution in [-0.2, 0) is 4.84 Å². The van der Waals surface area contributed by atoms with Gasteiger partial charge in [0.2, 0.25) is 0 Å². The molecule has 74 valence electrons. The smallest absolute Gasteiger partial charge is 0.161 e. The molecule has 1 aromatic rings. The van der Waals surface area contributed by atoms with E-state index in [1.807, 2.05) is 12.1 Å². The molecule has 1 aliphatic heterocycles. The van der Waals surface area contributed by atoms with Crippen LogP contribution in [0.5, 0.6) is 5.75 Å². The van der Waals surface area contributed by atoms with Gasteiger partial charge in [-0.15, -0.1) is 0 Å². The molecule has 0 aliphatic carbocycles. The molecule has 4 nitrogen and oxygen atoms in total. The van der Waals surface area contributed by atoms with Gasteiger partial charge in [-0.05, 0) is 6.07 Å². The minimum absolute atomic E-state index is 0.185. The Morgan fingerprint density at radius 2 is 2.29 bits per heavy atom. The maximum atomic E-state index is 9.57. The summed E-state index contributed by atoms with van der Waals surface area (Å²) in [5.41, 5.74) is 7.03. The van der Waals surface area contributed by atoms with E-state index in [9.17, 15) is 5.11 Å². The first-order valence-electron chi connectivity index (χ1n) is 4.51. The van der Waals surface area contributed by atoms with E-state index in [-0.39, 0.29) is 11.9 Å². The van der Waals surface area contributed by atoms with Gasteiger partial charge in [0, 0.05) is 18.5 Å². The second-order valence-electron chi connectivity index (χ2n) is 3.22. The van der Waals surface area contributed by atoms with Crippen LogP contribution in [-0.4, -0.2) is 17.4 Å². The average Bonchev–Trinajstić information content (AvgIpc) is 2.67. The molecule has 0 amide bonds. The molecule has 4 heteroatoms. The Morgan fingerprint density at radius 1 is 1.50 bits per heavy atom. The van der Waals surface area contributed by atoms with E-state index in [1.54, 1.807) is 12.1 Å². The molecule has 0 bridgehead atoms. The predicted octanol–water partition coefficient (Wildman–Crippen LogP) is 1.17. The Hall–Kier alpha value is -1.55. The van der Waals surface area contributed by atoms with E-state index in [4.69, 9.17) is 10.6 Å². The maximum Gasteiger partial charge on any atom is 0.161 e. The highest BCUT2D eigenvalue weighted by molar-refractivity contribution is 5.87. The number of hydrogen-bond acceptors (Lipinski definition) is 4. The van der Waals surface area contributed by atoms with Gasteiger partial charge in [-0.2, -0.15) is 0 Å². The molecule has 0 radical (unpaired) electrons. The van der Waals surface area contributed by atoms with Crippen molar-refractivity contribution < 1.29 is 9.94 Å². The van der Waals surface area contributed by atoms with E-state index < -0.39 is 0 Å². The molecule has 3 N–H and O–H groups in total. The molecule has 1 unspecified atom stereocenters. The van der Waals surface area contributed by atoms with Gasteiger partial charge in [-0.3, -0.25) is 0 Å².